The van der Waals surface area contributed by atoms with Crippen LogP contribution in [0.2, 0.25) is 0 Å². The van der Waals surface area contributed by atoms with E-state index in [-0.39, 0.29) is 0 Å². The van der Waals surface area contributed by atoms with E-state index >= 15 is 0 Å². The molecule has 0 aliphatic rings. The van der Waals surface area contributed by atoms with Gasteiger partial charge in [0.05, 0.1) is 20.4 Å². The van der Waals surface area contributed by atoms with Crippen LogP contribution in [0, 0.1) is 0 Å². The van der Waals surface area contributed by atoms with Crippen molar-refractivity contribution in [1.29, 1.82) is 0 Å². The number of benzene rings is 8. The second kappa shape index (κ2) is 12.3. The van der Waals surface area contributed by atoms with Crippen molar-refractivity contribution in [2.75, 3.05) is 4.90 Å². The zero-order valence-corrected chi connectivity index (χ0v) is 29.0. The van der Waals surface area contributed by atoms with Gasteiger partial charge in [0.1, 0.15) is 10.0 Å². The highest BCUT2D eigenvalue weighted by atomic mass is 32.1. The van der Waals surface area contributed by atoms with Crippen LogP contribution in [-0.2, 0) is 0 Å². The Morgan fingerprint density at radius 2 is 0.745 bits per heavy atom. The minimum Gasteiger partial charge on any atom is -0.310 e. The van der Waals surface area contributed by atoms with E-state index in [4.69, 9.17) is 9.97 Å². The number of nitrogens with zero attached hydrogens (tertiary/aromatic N) is 3. The van der Waals surface area contributed by atoms with Gasteiger partial charge in [-0.1, -0.05) is 78.9 Å². The summed E-state index contributed by atoms with van der Waals surface area (Å²) in [6.07, 6.45) is 0. The average Bonchev–Trinajstić information content (AvgIpc) is 3.83. The van der Waals surface area contributed by atoms with Gasteiger partial charge in [0.15, 0.2) is 0 Å². The van der Waals surface area contributed by atoms with Crippen molar-refractivity contribution in [1.82, 2.24) is 9.97 Å². The molecule has 51 heavy (non-hydrogen) atoms. The summed E-state index contributed by atoms with van der Waals surface area (Å²) in [4.78, 5) is 12.1. The second-order valence-electron chi connectivity index (χ2n) is 12.7. The van der Waals surface area contributed by atoms with E-state index in [2.05, 4.69) is 169 Å². The zero-order chi connectivity index (χ0) is 33.7. The molecule has 0 unspecified atom stereocenters. The molecule has 0 saturated carbocycles. The molecule has 0 saturated heterocycles. The smallest absolute Gasteiger partial charge is 0.124 e. The van der Waals surface area contributed by atoms with E-state index in [0.717, 1.165) is 49.2 Å². The Bertz CT molecular complexity index is 2680. The SMILES string of the molecule is c1ccc2cc(-c3ccc4cc(N(c5ccc(-c6nc7ccccc7s6)cc5)c5ccc(-c6nc7ccccc7s6)cc5)ccc4c3)ccc2c1. The molecule has 10 rings (SSSR count). The van der Waals surface area contributed by atoms with Gasteiger partial charge in [-0.3, -0.25) is 0 Å². The van der Waals surface area contributed by atoms with Crippen molar-refractivity contribution in [3.05, 3.63) is 176 Å². The lowest BCUT2D eigenvalue weighted by molar-refractivity contribution is 1.29. The van der Waals surface area contributed by atoms with Crippen LogP contribution in [0.4, 0.5) is 17.1 Å². The molecule has 0 fully saturated rings. The Balaban J connectivity index is 1.04. The van der Waals surface area contributed by atoms with Crippen molar-refractivity contribution >= 4 is 81.7 Å². The van der Waals surface area contributed by atoms with Gasteiger partial charge in [-0.15, -0.1) is 22.7 Å². The van der Waals surface area contributed by atoms with Gasteiger partial charge in [-0.25, -0.2) is 9.97 Å². The van der Waals surface area contributed by atoms with E-state index < -0.39 is 0 Å². The molecular weight excluding hydrogens is 659 g/mol. The molecule has 0 amide bonds. The molecule has 0 atom stereocenters. The molecule has 0 spiro atoms. The van der Waals surface area contributed by atoms with Crippen LogP contribution in [0.15, 0.2) is 176 Å². The van der Waals surface area contributed by atoms with Gasteiger partial charge in [0.25, 0.3) is 0 Å². The Morgan fingerprint density at radius 1 is 0.333 bits per heavy atom. The van der Waals surface area contributed by atoms with E-state index in [1.807, 2.05) is 12.1 Å². The molecule has 2 aromatic heterocycles. The Kier molecular flexibility index (Phi) is 7.19. The minimum atomic E-state index is 1.03. The summed E-state index contributed by atoms with van der Waals surface area (Å²) in [6, 6.07) is 63.0. The normalized spacial score (nSPS) is 11.5. The van der Waals surface area contributed by atoms with Crippen LogP contribution in [0.1, 0.15) is 0 Å². The van der Waals surface area contributed by atoms with E-state index in [0.29, 0.717) is 0 Å². The van der Waals surface area contributed by atoms with Gasteiger partial charge in [0.2, 0.25) is 0 Å². The third-order valence-corrected chi connectivity index (χ3v) is 11.7. The fourth-order valence-corrected chi connectivity index (χ4v) is 8.81. The molecule has 0 radical (unpaired) electrons. The highest BCUT2D eigenvalue weighted by Gasteiger charge is 2.16. The van der Waals surface area contributed by atoms with Crippen LogP contribution in [0.5, 0.6) is 0 Å². The van der Waals surface area contributed by atoms with Crippen LogP contribution in [0.25, 0.3) is 74.2 Å². The highest BCUT2D eigenvalue weighted by molar-refractivity contribution is 7.22. The van der Waals surface area contributed by atoms with Gasteiger partial charge in [0, 0.05) is 28.2 Å². The fourth-order valence-electron chi connectivity index (χ4n) is 6.87. The summed E-state index contributed by atoms with van der Waals surface area (Å²) in [6.45, 7) is 0. The predicted octanol–water partition coefficient (Wildman–Crippen LogP) is 13.7. The second-order valence-corrected chi connectivity index (χ2v) is 14.8. The first-order chi connectivity index (χ1) is 25.2. The maximum atomic E-state index is 4.91. The number of rotatable bonds is 6. The summed E-state index contributed by atoms with van der Waals surface area (Å²) in [5.41, 5.74) is 10.0. The van der Waals surface area contributed by atoms with Crippen LogP contribution in [0.3, 0.4) is 0 Å². The van der Waals surface area contributed by atoms with Gasteiger partial charge < -0.3 is 4.90 Å². The standard InChI is InChI=1S/C46H29N3S2/c1-2-8-33-27-34(14-13-30(33)7-1)35-15-16-37-29-40(26-21-36(37)28-35)49(38-22-17-31(18-23-38)45-47-41-9-3-5-11-43(41)50-45)39-24-19-32(20-25-39)46-48-42-10-4-6-12-44(42)51-46/h1-29H. The number of anilines is 3. The Hall–Kier alpha value is -6.14. The average molecular weight is 688 g/mol. The molecule has 0 aliphatic carbocycles. The molecule has 0 aliphatic heterocycles. The molecular formula is C46H29N3S2. The molecule has 0 N–H and O–H groups in total. The third kappa shape index (κ3) is 5.53. The van der Waals surface area contributed by atoms with Crippen molar-refractivity contribution in [2.24, 2.45) is 0 Å². The van der Waals surface area contributed by atoms with Crippen LogP contribution >= 0.6 is 22.7 Å². The van der Waals surface area contributed by atoms with Crippen LogP contribution < -0.4 is 4.90 Å². The highest BCUT2D eigenvalue weighted by Crippen LogP contribution is 2.40. The van der Waals surface area contributed by atoms with Crippen molar-refractivity contribution in [3.63, 3.8) is 0 Å². The summed E-state index contributed by atoms with van der Waals surface area (Å²) in [7, 11) is 0. The first kappa shape index (κ1) is 29.7. The summed E-state index contributed by atoms with van der Waals surface area (Å²) in [5, 5.41) is 6.98. The zero-order valence-electron chi connectivity index (χ0n) is 27.4. The maximum Gasteiger partial charge on any atom is 0.124 e. The fraction of sp³-hybridized carbons (Fsp3) is 0. The molecule has 3 nitrogen and oxygen atoms in total. The summed E-state index contributed by atoms with van der Waals surface area (Å²) >= 11 is 3.46. The lowest BCUT2D eigenvalue weighted by Gasteiger charge is -2.26. The Labute approximate surface area is 303 Å². The number of aromatic nitrogens is 2. The molecule has 240 valence electrons. The van der Waals surface area contributed by atoms with Crippen molar-refractivity contribution < 1.29 is 0 Å². The van der Waals surface area contributed by atoms with Gasteiger partial charge in [-0.2, -0.15) is 0 Å². The molecule has 5 heteroatoms. The maximum absolute atomic E-state index is 4.91. The monoisotopic (exact) mass is 687 g/mol. The molecule has 2 heterocycles. The minimum absolute atomic E-state index is 1.03. The number of fused-ring (bicyclic) bond motifs is 4. The predicted molar refractivity (Wildman–Crippen MR) is 219 cm³/mol. The molecule has 0 bridgehead atoms. The van der Waals surface area contributed by atoms with E-state index in [1.54, 1.807) is 22.7 Å². The largest absolute Gasteiger partial charge is 0.310 e. The van der Waals surface area contributed by atoms with Crippen molar-refractivity contribution in [2.45, 2.75) is 0 Å². The number of hydrogen-bond donors (Lipinski definition) is 0. The number of hydrogen-bond acceptors (Lipinski definition) is 5. The number of para-hydroxylation sites is 2. The van der Waals surface area contributed by atoms with E-state index in [9.17, 15) is 0 Å². The lowest BCUT2D eigenvalue weighted by Crippen LogP contribution is -2.09. The Morgan fingerprint density at radius 3 is 1.31 bits per heavy atom. The van der Waals surface area contributed by atoms with Crippen molar-refractivity contribution in [3.8, 4) is 32.3 Å². The van der Waals surface area contributed by atoms with Gasteiger partial charge >= 0.3 is 0 Å². The lowest BCUT2D eigenvalue weighted by atomic mass is 9.98. The summed E-state index contributed by atoms with van der Waals surface area (Å²) < 4.78 is 2.40. The molecule has 8 aromatic carbocycles. The first-order valence-electron chi connectivity index (χ1n) is 17.0. The van der Waals surface area contributed by atoms with Gasteiger partial charge in [-0.05, 0) is 130 Å². The molecule has 10 aromatic rings. The number of thiazole rings is 2. The first-order valence-corrected chi connectivity index (χ1v) is 18.6. The van der Waals surface area contributed by atoms with Crippen LogP contribution in [-0.4, -0.2) is 9.97 Å². The third-order valence-electron chi connectivity index (χ3n) is 9.50. The van der Waals surface area contributed by atoms with E-state index in [1.165, 1.54) is 42.1 Å². The quantitative estimate of drug-likeness (QED) is 0.174. The summed E-state index contributed by atoms with van der Waals surface area (Å²) in [5.74, 6) is 0. The topological polar surface area (TPSA) is 29.0 Å².